The van der Waals surface area contributed by atoms with Crippen LogP contribution in [0.2, 0.25) is 0 Å². The van der Waals surface area contributed by atoms with Crippen molar-refractivity contribution < 1.29 is 0 Å². The van der Waals surface area contributed by atoms with E-state index in [1.807, 2.05) is 0 Å². The molecule has 1 aromatic heterocycles. The van der Waals surface area contributed by atoms with Crippen molar-refractivity contribution in [2.24, 2.45) is 5.92 Å². The van der Waals surface area contributed by atoms with Crippen LogP contribution in [0, 0.1) is 5.92 Å². The predicted molar refractivity (Wildman–Crippen MR) is 77.1 cm³/mol. The van der Waals surface area contributed by atoms with Gasteiger partial charge in [-0.25, -0.2) is 0 Å². The molecule has 1 aliphatic carbocycles. The first-order valence-corrected chi connectivity index (χ1v) is 7.82. The topological polar surface area (TPSA) is 17.8 Å². The minimum Gasteiger partial charge on any atom is -0.269 e. The molecular weight excluding hydrogens is 244 g/mol. The number of hydrogen-bond donors (Lipinski definition) is 0. The lowest BCUT2D eigenvalue weighted by atomic mass is 9.96. The molecule has 0 aliphatic heterocycles. The molecule has 102 valence electrons. The van der Waals surface area contributed by atoms with Crippen molar-refractivity contribution in [2.45, 2.75) is 70.2 Å². The van der Waals surface area contributed by atoms with Crippen LogP contribution in [-0.4, -0.2) is 15.2 Å². The Labute approximate surface area is 116 Å². The second kappa shape index (κ2) is 6.60. The lowest BCUT2D eigenvalue weighted by molar-refractivity contribution is 0.327. The van der Waals surface area contributed by atoms with E-state index in [4.69, 9.17) is 16.7 Å². The summed E-state index contributed by atoms with van der Waals surface area (Å²) in [4.78, 5) is 0. The lowest BCUT2D eigenvalue weighted by Gasteiger charge is -2.22. The quantitative estimate of drug-likeness (QED) is 0.715. The van der Waals surface area contributed by atoms with Crippen molar-refractivity contribution in [3.05, 3.63) is 18.0 Å². The van der Waals surface area contributed by atoms with Gasteiger partial charge < -0.3 is 0 Å². The van der Waals surface area contributed by atoms with E-state index in [2.05, 4.69) is 30.8 Å². The average molecular weight is 269 g/mol. The third-order valence-electron chi connectivity index (χ3n) is 4.15. The number of alkyl halides is 1. The first-order chi connectivity index (χ1) is 8.70. The maximum absolute atomic E-state index is 6.29. The van der Waals surface area contributed by atoms with Crippen molar-refractivity contribution in [1.29, 1.82) is 0 Å². The molecule has 0 N–H and O–H groups in total. The molecule has 1 aromatic rings. The number of halogens is 1. The Morgan fingerprint density at radius 1 is 1.39 bits per heavy atom. The molecule has 1 aliphatic rings. The van der Waals surface area contributed by atoms with Crippen LogP contribution >= 0.6 is 11.6 Å². The Morgan fingerprint density at radius 3 is 2.78 bits per heavy atom. The van der Waals surface area contributed by atoms with Crippen LogP contribution in [0.15, 0.2) is 12.3 Å². The van der Waals surface area contributed by atoms with Gasteiger partial charge in [0.1, 0.15) is 0 Å². The van der Waals surface area contributed by atoms with Crippen molar-refractivity contribution >= 4 is 11.6 Å². The fraction of sp³-hybridized carbons (Fsp3) is 0.800. The van der Waals surface area contributed by atoms with Gasteiger partial charge in [0.05, 0.1) is 11.7 Å². The lowest BCUT2D eigenvalue weighted by Crippen LogP contribution is -2.15. The standard InChI is InChI=1S/C15H25ClN2/c1-3-15(16)12(2)11-13-9-10-18(17-13)14-7-5-4-6-8-14/h9-10,12,14-15H,3-8,11H2,1-2H3. The second-order valence-electron chi connectivity index (χ2n) is 5.68. The first kappa shape index (κ1) is 13.9. The molecule has 3 heteroatoms. The SMILES string of the molecule is CCC(Cl)C(C)Cc1ccn(C2CCCCC2)n1. The largest absolute Gasteiger partial charge is 0.269 e. The van der Waals surface area contributed by atoms with E-state index in [9.17, 15) is 0 Å². The van der Waals surface area contributed by atoms with Crippen LogP contribution in [0.1, 0.15) is 64.1 Å². The minimum absolute atomic E-state index is 0.268. The predicted octanol–water partition coefficient (Wildman–Crippen LogP) is 4.58. The van der Waals surface area contributed by atoms with E-state index < -0.39 is 0 Å². The van der Waals surface area contributed by atoms with Gasteiger partial charge in [-0.3, -0.25) is 4.68 Å². The Bertz CT molecular complexity index is 355. The third kappa shape index (κ3) is 3.50. The third-order valence-corrected chi connectivity index (χ3v) is 4.89. The van der Waals surface area contributed by atoms with E-state index in [-0.39, 0.29) is 5.38 Å². The van der Waals surface area contributed by atoms with Gasteiger partial charge in [-0.2, -0.15) is 5.10 Å². The summed E-state index contributed by atoms with van der Waals surface area (Å²) < 4.78 is 2.19. The summed E-state index contributed by atoms with van der Waals surface area (Å²) in [7, 11) is 0. The zero-order valence-electron chi connectivity index (χ0n) is 11.6. The highest BCUT2D eigenvalue weighted by Gasteiger charge is 2.18. The molecule has 0 bridgehead atoms. The fourth-order valence-electron chi connectivity index (χ4n) is 2.90. The molecule has 0 aromatic carbocycles. The summed E-state index contributed by atoms with van der Waals surface area (Å²) in [5.41, 5.74) is 1.20. The zero-order valence-corrected chi connectivity index (χ0v) is 12.4. The van der Waals surface area contributed by atoms with Gasteiger partial charge in [0, 0.05) is 11.6 Å². The summed E-state index contributed by atoms with van der Waals surface area (Å²) in [6, 6.07) is 2.81. The summed E-state index contributed by atoms with van der Waals surface area (Å²) in [5, 5.41) is 5.02. The smallest absolute Gasteiger partial charge is 0.0627 e. The van der Waals surface area contributed by atoms with Gasteiger partial charge in [-0.15, -0.1) is 11.6 Å². The van der Waals surface area contributed by atoms with E-state index in [0.717, 1.165) is 12.8 Å². The normalized spacial score (nSPS) is 20.8. The van der Waals surface area contributed by atoms with Crippen LogP contribution in [0.4, 0.5) is 0 Å². The first-order valence-electron chi connectivity index (χ1n) is 7.38. The number of aromatic nitrogens is 2. The minimum atomic E-state index is 0.268. The zero-order chi connectivity index (χ0) is 13.0. The van der Waals surface area contributed by atoms with Crippen LogP contribution in [-0.2, 0) is 6.42 Å². The summed E-state index contributed by atoms with van der Waals surface area (Å²) >= 11 is 6.29. The van der Waals surface area contributed by atoms with Gasteiger partial charge in [-0.05, 0) is 37.7 Å². The van der Waals surface area contributed by atoms with Crippen LogP contribution in [0.5, 0.6) is 0 Å². The molecular formula is C15H25ClN2. The van der Waals surface area contributed by atoms with E-state index in [1.54, 1.807) is 0 Å². The van der Waals surface area contributed by atoms with Crippen LogP contribution in [0.3, 0.4) is 0 Å². The Morgan fingerprint density at radius 2 is 2.11 bits per heavy atom. The van der Waals surface area contributed by atoms with Gasteiger partial charge in [0.25, 0.3) is 0 Å². The monoisotopic (exact) mass is 268 g/mol. The highest BCUT2D eigenvalue weighted by atomic mass is 35.5. The van der Waals surface area contributed by atoms with Crippen molar-refractivity contribution in [2.75, 3.05) is 0 Å². The molecule has 2 nitrogen and oxygen atoms in total. The van der Waals surface area contributed by atoms with E-state index >= 15 is 0 Å². The van der Waals surface area contributed by atoms with Crippen LogP contribution < -0.4 is 0 Å². The highest BCUT2D eigenvalue weighted by Crippen LogP contribution is 2.28. The van der Waals surface area contributed by atoms with Gasteiger partial charge >= 0.3 is 0 Å². The Balaban J connectivity index is 1.93. The van der Waals surface area contributed by atoms with Gasteiger partial charge in [-0.1, -0.05) is 33.1 Å². The van der Waals surface area contributed by atoms with E-state index in [1.165, 1.54) is 37.8 Å². The molecule has 2 rings (SSSR count). The maximum atomic E-state index is 6.29. The van der Waals surface area contributed by atoms with Crippen LogP contribution in [0.25, 0.3) is 0 Å². The highest BCUT2D eigenvalue weighted by molar-refractivity contribution is 6.20. The molecule has 0 spiro atoms. The van der Waals surface area contributed by atoms with E-state index in [0.29, 0.717) is 12.0 Å². The number of nitrogens with zero attached hydrogens (tertiary/aromatic N) is 2. The molecule has 0 radical (unpaired) electrons. The van der Waals surface area contributed by atoms with Gasteiger partial charge in [0.2, 0.25) is 0 Å². The van der Waals surface area contributed by atoms with Crippen molar-refractivity contribution in [3.8, 4) is 0 Å². The second-order valence-corrected chi connectivity index (χ2v) is 6.25. The molecule has 2 unspecified atom stereocenters. The summed E-state index contributed by atoms with van der Waals surface area (Å²) in [6.45, 7) is 4.37. The Hall–Kier alpha value is -0.500. The maximum Gasteiger partial charge on any atom is 0.0627 e. The van der Waals surface area contributed by atoms with Crippen molar-refractivity contribution in [1.82, 2.24) is 9.78 Å². The van der Waals surface area contributed by atoms with Gasteiger partial charge in [0.15, 0.2) is 0 Å². The summed E-state index contributed by atoms with van der Waals surface area (Å²) in [6.07, 6.45) is 10.9. The molecule has 2 atom stereocenters. The molecule has 0 amide bonds. The average Bonchev–Trinajstić information content (AvgIpc) is 2.87. The summed E-state index contributed by atoms with van der Waals surface area (Å²) in [5.74, 6) is 0.506. The van der Waals surface area contributed by atoms with Crippen molar-refractivity contribution in [3.63, 3.8) is 0 Å². The Kier molecular flexibility index (Phi) is 5.11. The molecule has 1 fully saturated rings. The number of rotatable bonds is 5. The molecule has 1 saturated carbocycles. The molecule has 1 heterocycles. The molecule has 0 saturated heterocycles. The molecule has 18 heavy (non-hydrogen) atoms. The fourth-order valence-corrected chi connectivity index (χ4v) is 2.98. The number of hydrogen-bond acceptors (Lipinski definition) is 1.